The van der Waals surface area contributed by atoms with E-state index < -0.39 is 0 Å². The van der Waals surface area contributed by atoms with Gasteiger partial charge in [-0.25, -0.2) is 4.79 Å². The lowest BCUT2D eigenvalue weighted by atomic mass is 9.97. The maximum absolute atomic E-state index is 13.4. The van der Waals surface area contributed by atoms with Gasteiger partial charge in [0.15, 0.2) is 0 Å². The van der Waals surface area contributed by atoms with Crippen molar-refractivity contribution >= 4 is 17.7 Å². The SMILES string of the molecule is CCOc1ccc(NC(=O)N(CCC(=O)OC)C(c2ccccc2)c2ccccc2)cc1. The molecule has 0 heterocycles. The highest BCUT2D eigenvalue weighted by molar-refractivity contribution is 5.90. The zero-order valence-corrected chi connectivity index (χ0v) is 18.4. The number of rotatable bonds is 9. The summed E-state index contributed by atoms with van der Waals surface area (Å²) in [6.07, 6.45) is 0.0867. The number of anilines is 1. The van der Waals surface area contributed by atoms with Gasteiger partial charge < -0.3 is 19.7 Å². The zero-order valence-electron chi connectivity index (χ0n) is 18.4. The van der Waals surface area contributed by atoms with Crippen LogP contribution in [-0.4, -0.2) is 37.2 Å². The van der Waals surface area contributed by atoms with Crippen LogP contribution in [0, 0.1) is 0 Å². The molecule has 0 saturated carbocycles. The van der Waals surface area contributed by atoms with E-state index in [9.17, 15) is 9.59 Å². The van der Waals surface area contributed by atoms with Crippen LogP contribution in [0.3, 0.4) is 0 Å². The van der Waals surface area contributed by atoms with Gasteiger partial charge in [0, 0.05) is 12.2 Å². The highest BCUT2D eigenvalue weighted by atomic mass is 16.5. The summed E-state index contributed by atoms with van der Waals surface area (Å²) >= 11 is 0. The molecular formula is C26H28N2O4. The molecule has 3 aromatic carbocycles. The fourth-order valence-corrected chi connectivity index (χ4v) is 3.48. The van der Waals surface area contributed by atoms with Crippen molar-refractivity contribution in [3.63, 3.8) is 0 Å². The van der Waals surface area contributed by atoms with Crippen molar-refractivity contribution in [2.75, 3.05) is 25.6 Å². The van der Waals surface area contributed by atoms with E-state index in [0.717, 1.165) is 16.9 Å². The van der Waals surface area contributed by atoms with E-state index in [1.54, 1.807) is 17.0 Å². The molecule has 0 fully saturated rings. The Morgan fingerprint density at radius 3 is 1.94 bits per heavy atom. The van der Waals surface area contributed by atoms with Crippen LogP contribution in [0.25, 0.3) is 0 Å². The maximum atomic E-state index is 13.4. The third-order valence-electron chi connectivity index (χ3n) is 5.00. The predicted octanol–water partition coefficient (Wildman–Crippen LogP) is 5.27. The Bertz CT molecular complexity index is 952. The highest BCUT2D eigenvalue weighted by Gasteiger charge is 2.27. The second kappa shape index (κ2) is 11.6. The maximum Gasteiger partial charge on any atom is 0.322 e. The lowest BCUT2D eigenvalue weighted by molar-refractivity contribution is -0.140. The molecule has 0 saturated heterocycles. The first-order valence-electron chi connectivity index (χ1n) is 10.6. The summed E-state index contributed by atoms with van der Waals surface area (Å²) in [6.45, 7) is 2.69. The van der Waals surface area contributed by atoms with Gasteiger partial charge in [0.1, 0.15) is 5.75 Å². The van der Waals surface area contributed by atoms with Crippen molar-refractivity contribution in [1.29, 1.82) is 0 Å². The van der Waals surface area contributed by atoms with Crippen LogP contribution >= 0.6 is 0 Å². The van der Waals surface area contributed by atoms with Gasteiger partial charge in [0.05, 0.1) is 26.2 Å². The number of carbonyl (C=O) groups excluding carboxylic acids is 2. The lowest BCUT2D eigenvalue weighted by Gasteiger charge is -2.32. The number of hydrogen-bond donors (Lipinski definition) is 1. The third kappa shape index (κ3) is 6.11. The number of ether oxygens (including phenoxy) is 2. The van der Waals surface area contributed by atoms with Crippen molar-refractivity contribution in [2.45, 2.75) is 19.4 Å². The van der Waals surface area contributed by atoms with E-state index in [4.69, 9.17) is 9.47 Å². The summed E-state index contributed by atoms with van der Waals surface area (Å²) in [5, 5.41) is 2.95. The number of benzene rings is 3. The molecule has 0 spiro atoms. The number of esters is 1. The molecular weight excluding hydrogens is 404 g/mol. The van der Waals surface area contributed by atoms with Crippen molar-refractivity contribution in [2.24, 2.45) is 0 Å². The zero-order chi connectivity index (χ0) is 22.8. The molecule has 0 radical (unpaired) electrons. The van der Waals surface area contributed by atoms with Crippen LogP contribution in [0.5, 0.6) is 5.75 Å². The summed E-state index contributed by atoms with van der Waals surface area (Å²) in [7, 11) is 1.35. The average Bonchev–Trinajstić information content (AvgIpc) is 2.84. The van der Waals surface area contributed by atoms with Crippen LogP contribution in [0.4, 0.5) is 10.5 Å². The molecule has 3 rings (SSSR count). The Hall–Kier alpha value is -3.80. The minimum Gasteiger partial charge on any atom is -0.494 e. The van der Waals surface area contributed by atoms with Crippen molar-refractivity contribution in [3.05, 3.63) is 96.1 Å². The number of hydrogen-bond acceptors (Lipinski definition) is 4. The Labute approximate surface area is 188 Å². The summed E-state index contributed by atoms with van der Waals surface area (Å²) in [5.41, 5.74) is 2.54. The molecule has 6 heteroatoms. The van der Waals surface area contributed by atoms with Crippen molar-refractivity contribution in [3.8, 4) is 5.75 Å². The molecule has 2 amide bonds. The number of carbonyl (C=O) groups is 2. The van der Waals surface area contributed by atoms with E-state index in [1.807, 2.05) is 79.7 Å². The molecule has 166 valence electrons. The first kappa shape index (κ1) is 22.9. The standard InChI is InChI=1S/C26H28N2O4/c1-3-32-23-16-14-22(15-17-23)27-26(30)28(19-18-24(29)31-2)25(20-10-6-4-7-11-20)21-12-8-5-9-13-21/h4-17,25H,3,18-19H2,1-2H3,(H,27,30). The number of methoxy groups -OCH3 is 1. The van der Waals surface area contributed by atoms with E-state index in [0.29, 0.717) is 12.3 Å². The van der Waals surface area contributed by atoms with Crippen molar-refractivity contribution in [1.82, 2.24) is 4.90 Å². The van der Waals surface area contributed by atoms with E-state index in [-0.39, 0.29) is 31.0 Å². The van der Waals surface area contributed by atoms with Crippen LogP contribution < -0.4 is 10.1 Å². The highest BCUT2D eigenvalue weighted by Crippen LogP contribution is 2.30. The summed E-state index contributed by atoms with van der Waals surface area (Å²) < 4.78 is 10.3. The molecule has 0 bridgehead atoms. The van der Waals surface area contributed by atoms with E-state index in [2.05, 4.69) is 5.32 Å². The summed E-state index contributed by atoms with van der Waals surface area (Å²) in [4.78, 5) is 27.0. The molecule has 32 heavy (non-hydrogen) atoms. The molecule has 0 aliphatic rings. The molecule has 0 atom stereocenters. The quantitative estimate of drug-likeness (QED) is 0.468. The number of nitrogens with one attached hydrogen (secondary N) is 1. The van der Waals surface area contributed by atoms with Gasteiger partial charge in [0.25, 0.3) is 0 Å². The lowest BCUT2D eigenvalue weighted by Crippen LogP contribution is -2.40. The van der Waals surface area contributed by atoms with Crippen LogP contribution in [-0.2, 0) is 9.53 Å². The van der Waals surface area contributed by atoms with Gasteiger partial charge in [-0.05, 0) is 42.3 Å². The monoisotopic (exact) mass is 432 g/mol. The van der Waals surface area contributed by atoms with E-state index in [1.165, 1.54) is 7.11 Å². The third-order valence-corrected chi connectivity index (χ3v) is 5.00. The van der Waals surface area contributed by atoms with Crippen molar-refractivity contribution < 1.29 is 19.1 Å². The second-order valence-electron chi connectivity index (χ2n) is 7.13. The molecule has 0 unspecified atom stereocenters. The Kier molecular flexibility index (Phi) is 8.26. The molecule has 6 nitrogen and oxygen atoms in total. The molecule has 0 aliphatic heterocycles. The molecule has 0 aliphatic carbocycles. The van der Waals surface area contributed by atoms with Crippen LogP contribution in [0.15, 0.2) is 84.9 Å². The van der Waals surface area contributed by atoms with Gasteiger partial charge in [0.2, 0.25) is 0 Å². The Morgan fingerprint density at radius 2 is 1.44 bits per heavy atom. The molecule has 3 aromatic rings. The van der Waals surface area contributed by atoms with Gasteiger partial charge >= 0.3 is 12.0 Å². The minimum absolute atomic E-state index is 0.0867. The van der Waals surface area contributed by atoms with Gasteiger partial charge in [-0.3, -0.25) is 4.79 Å². The van der Waals surface area contributed by atoms with Gasteiger partial charge in [-0.15, -0.1) is 0 Å². The Balaban J connectivity index is 1.92. The number of nitrogens with zero attached hydrogens (tertiary/aromatic N) is 1. The largest absolute Gasteiger partial charge is 0.494 e. The van der Waals surface area contributed by atoms with E-state index >= 15 is 0 Å². The molecule has 1 N–H and O–H groups in total. The van der Waals surface area contributed by atoms with Crippen LogP contribution in [0.1, 0.15) is 30.5 Å². The first-order valence-corrected chi connectivity index (χ1v) is 10.6. The topological polar surface area (TPSA) is 67.9 Å². The minimum atomic E-state index is -0.372. The predicted molar refractivity (Wildman–Crippen MR) is 125 cm³/mol. The second-order valence-corrected chi connectivity index (χ2v) is 7.13. The van der Waals surface area contributed by atoms with Crippen LogP contribution in [0.2, 0.25) is 0 Å². The Morgan fingerprint density at radius 1 is 0.875 bits per heavy atom. The normalized spacial score (nSPS) is 10.5. The summed E-state index contributed by atoms with van der Waals surface area (Å²) in [6, 6.07) is 26.1. The molecule has 0 aromatic heterocycles. The number of amides is 2. The average molecular weight is 433 g/mol. The smallest absolute Gasteiger partial charge is 0.322 e. The fraction of sp³-hybridized carbons (Fsp3) is 0.231. The van der Waals surface area contributed by atoms with Gasteiger partial charge in [-0.1, -0.05) is 60.7 Å². The number of urea groups is 1. The fourth-order valence-electron chi connectivity index (χ4n) is 3.48. The summed E-state index contributed by atoms with van der Waals surface area (Å²) in [5.74, 6) is 0.364. The van der Waals surface area contributed by atoms with Gasteiger partial charge in [-0.2, -0.15) is 0 Å². The first-order chi connectivity index (χ1) is 15.6.